The minimum Gasteiger partial charge on any atom is -0.394 e. The van der Waals surface area contributed by atoms with E-state index >= 15 is 0 Å². The predicted octanol–water partition coefficient (Wildman–Crippen LogP) is 6.55. The van der Waals surface area contributed by atoms with Gasteiger partial charge in [-0.3, -0.25) is 0 Å². The lowest BCUT2D eigenvalue weighted by Gasteiger charge is -2.17. The molecular weight excluding hydrogens is 1460 g/mol. The molecule has 108 heavy (non-hydrogen) atoms. The van der Waals surface area contributed by atoms with Gasteiger partial charge >= 0.3 is 0 Å². The van der Waals surface area contributed by atoms with Crippen LogP contribution in [0.4, 0.5) is 30.6 Å². The van der Waals surface area contributed by atoms with Crippen LogP contribution in [-0.2, 0) is 14.2 Å². The molecule has 0 amide bonds. The van der Waals surface area contributed by atoms with Crippen molar-refractivity contribution >= 4 is 86.2 Å². The van der Waals surface area contributed by atoms with Crippen LogP contribution in [0.15, 0.2) is 70.1 Å². The Morgan fingerprint density at radius 2 is 0.824 bits per heavy atom. The second-order valence-electron chi connectivity index (χ2n) is 23.8. The molecule has 0 spiro atoms. The second-order valence-corrected chi connectivity index (χ2v) is 26.6. The lowest BCUT2D eigenvalue weighted by molar-refractivity contribution is -0.0629. The van der Waals surface area contributed by atoms with Crippen molar-refractivity contribution in [1.29, 1.82) is 0 Å². The minimum absolute atomic E-state index is 0.0294. The summed E-state index contributed by atoms with van der Waals surface area (Å²) in [6.45, 7) is -4.83. The highest BCUT2D eigenvalue weighted by Crippen LogP contribution is 2.48. The van der Waals surface area contributed by atoms with Crippen molar-refractivity contribution in [3.63, 3.8) is 0 Å². The van der Waals surface area contributed by atoms with Crippen molar-refractivity contribution in [3.05, 3.63) is 105 Å². The first-order valence-corrected chi connectivity index (χ1v) is 35.5. The summed E-state index contributed by atoms with van der Waals surface area (Å²) >= 11 is 2.02. The van der Waals surface area contributed by atoms with Crippen molar-refractivity contribution < 1.29 is 120 Å². The van der Waals surface area contributed by atoms with Crippen LogP contribution in [0.1, 0.15) is 194 Å². The number of benzene rings is 3. The molecule has 6 aliphatic rings. The van der Waals surface area contributed by atoms with Gasteiger partial charge in [0.15, 0.2) is 66.4 Å². The van der Waals surface area contributed by atoms with E-state index in [0.717, 1.165) is 11.8 Å². The number of ether oxygens (including phenoxy) is 3. The van der Waals surface area contributed by atoms with Gasteiger partial charge in [-0.25, -0.2) is 57.1 Å². The average molecular weight is 1590 g/mol. The molecule has 6 heterocycles. The summed E-state index contributed by atoms with van der Waals surface area (Å²) < 4.78 is 342. The number of thioether (sulfide) groups is 3. The summed E-state index contributed by atoms with van der Waals surface area (Å²) in [6, 6.07) is -1.56. The number of nitrogens with zero attached hydrogens (tertiary/aromatic N) is 15. The van der Waals surface area contributed by atoms with Gasteiger partial charge in [-0.15, -0.1) is 15.3 Å². The number of hydrogen-bond donors (Lipinski definition) is 12. The molecule has 30 nitrogen and oxygen atoms in total. The van der Waals surface area contributed by atoms with Crippen LogP contribution < -0.4 is 16.0 Å². The maximum Gasteiger partial charge on any atom is 0.191 e. The van der Waals surface area contributed by atoms with Crippen molar-refractivity contribution in [3.8, 4) is 0 Å². The number of nitrogens with one attached hydrogen (secondary N) is 3. The monoisotopic (exact) mass is 1590 g/mol. The van der Waals surface area contributed by atoms with Gasteiger partial charge in [0.2, 0.25) is 0 Å². The highest BCUT2D eigenvalue weighted by molar-refractivity contribution is 7.99. The fourth-order valence-corrected chi connectivity index (χ4v) is 12.4. The summed E-state index contributed by atoms with van der Waals surface area (Å²) in [5.74, 6) is -4.66. The Labute approximate surface area is 681 Å². The van der Waals surface area contributed by atoms with E-state index < -0.39 is 243 Å². The number of anilines is 3. The number of aryl methyl sites for hydroxylation is 3. The van der Waals surface area contributed by atoms with Gasteiger partial charge in [-0.1, -0.05) is 108 Å². The Kier molecular flexibility index (Phi) is 15.1. The molecule has 15 rings (SSSR count). The molecular formula is C72H93F3N18O12S3. The van der Waals surface area contributed by atoms with E-state index in [1.165, 1.54) is 43.3 Å². The molecule has 12 N–H and O–H groups in total. The molecule has 0 unspecified atom stereocenters. The number of rotatable bonds is 30. The van der Waals surface area contributed by atoms with Gasteiger partial charge in [-0.2, -0.15) is 0 Å². The van der Waals surface area contributed by atoms with Crippen molar-refractivity contribution in [2.45, 2.75) is 223 Å². The van der Waals surface area contributed by atoms with Gasteiger partial charge in [0.25, 0.3) is 0 Å². The first-order valence-electron chi connectivity index (χ1n) is 49.9. The number of fused-ring (bicyclic) bond motifs is 3. The van der Waals surface area contributed by atoms with Gasteiger partial charge in [0.05, 0.1) is 100 Å². The molecule has 582 valence electrons. The first-order chi connectivity index (χ1) is 64.5. The van der Waals surface area contributed by atoms with Crippen molar-refractivity contribution in [2.75, 3.05) is 72.6 Å². The van der Waals surface area contributed by atoms with Crippen LogP contribution in [0.2, 0.25) is 0 Å². The lowest BCUT2D eigenvalue weighted by atomic mass is 10.1. The number of aromatic nitrogens is 15. The summed E-state index contributed by atoms with van der Waals surface area (Å²) in [4.78, 5) is 25.4. The maximum atomic E-state index is 14.4. The van der Waals surface area contributed by atoms with Crippen LogP contribution >= 0.6 is 35.3 Å². The number of aliphatic hydroxyl groups is 9. The molecule has 36 heteroatoms. The zero-order chi connectivity index (χ0) is 107. The van der Waals surface area contributed by atoms with Crippen LogP contribution in [0.25, 0.3) is 33.5 Å². The Bertz CT molecular complexity index is 6390. The molecule has 9 aromatic rings. The molecule has 6 aromatic heterocycles. The van der Waals surface area contributed by atoms with E-state index in [4.69, 9.17) is 56.1 Å². The minimum atomic E-state index is -4.28. The summed E-state index contributed by atoms with van der Waals surface area (Å²) in [5.41, 5.74) is -4.96. The van der Waals surface area contributed by atoms with E-state index in [2.05, 4.69) is 81.5 Å². The molecule has 6 fully saturated rings. The van der Waals surface area contributed by atoms with Crippen LogP contribution in [0.5, 0.6) is 0 Å². The Balaban J connectivity index is 0.000000179. The first kappa shape index (κ1) is 46.6. The highest BCUT2D eigenvalue weighted by Gasteiger charge is 2.49. The fraction of sp³-hybridized carbons (Fsp3) is 0.583. The zero-order valence-electron chi connectivity index (χ0n) is 91.4. The quantitative estimate of drug-likeness (QED) is 0.0168. The van der Waals surface area contributed by atoms with Gasteiger partial charge in [0, 0.05) is 94.1 Å². The number of hydrogen-bond acceptors (Lipinski definition) is 30. The van der Waals surface area contributed by atoms with Crippen LogP contribution in [0.3, 0.4) is 0 Å². The third-order valence-electron chi connectivity index (χ3n) is 16.3. The topological polar surface area (TPSA) is 415 Å². The van der Waals surface area contributed by atoms with Crippen LogP contribution in [-0.4, -0.2) is 250 Å². The third-order valence-corrected chi connectivity index (χ3v) is 19.0. The summed E-state index contributed by atoms with van der Waals surface area (Å²) in [6.07, 6.45) is -52.9. The molecule has 18 atom stereocenters. The van der Waals surface area contributed by atoms with E-state index in [9.17, 15) is 59.1 Å². The molecule has 0 radical (unpaired) electrons. The van der Waals surface area contributed by atoms with E-state index in [1.54, 1.807) is 45.9 Å². The Morgan fingerprint density at radius 1 is 0.472 bits per heavy atom. The van der Waals surface area contributed by atoms with Crippen molar-refractivity contribution in [1.82, 2.24) is 74.9 Å². The predicted molar refractivity (Wildman–Crippen MR) is 398 cm³/mol. The van der Waals surface area contributed by atoms with Gasteiger partial charge in [0.1, 0.15) is 53.9 Å². The molecule has 6 saturated carbocycles. The molecule has 0 aliphatic heterocycles. The fourth-order valence-electron chi connectivity index (χ4n) is 10.7. The Morgan fingerprint density at radius 3 is 1.15 bits per heavy atom. The van der Waals surface area contributed by atoms with E-state index in [-0.39, 0.29) is 65.7 Å². The third kappa shape index (κ3) is 17.5. The van der Waals surface area contributed by atoms with E-state index in [0.29, 0.717) is 69.1 Å². The molecule has 3 aromatic carbocycles. The summed E-state index contributed by atoms with van der Waals surface area (Å²) in [7, 11) is 0. The van der Waals surface area contributed by atoms with Crippen molar-refractivity contribution in [2.24, 2.45) is 0 Å². The smallest absolute Gasteiger partial charge is 0.191 e. The normalized spacial score (nSPS) is 43.9. The number of halogens is 3. The molecule has 6 aliphatic carbocycles. The largest absolute Gasteiger partial charge is 0.394 e. The lowest BCUT2D eigenvalue weighted by Crippen LogP contribution is -2.33. The zero-order valence-corrected chi connectivity index (χ0v) is 59.9. The van der Waals surface area contributed by atoms with E-state index in [1.807, 2.05) is 6.92 Å². The average Bonchev–Trinajstić information content (AvgIpc) is 1.49. The standard InChI is InChI=1S/3C24H31FN6O4S/c3*1-3-8-36-24-27-22(26-16-10-14(16)13-5-4-12(2)15(25)9-13)19-23(28-24)31(30-29-19)17-11-18(35-7-6-32)21(34)20(17)33/h3*4-5,9,14,16-18,20-21,32-34H,3,6-8,10-11H2,1-2H3,(H,26,27,28)/t3*14-,16+,17+,18-,20-,21+/m000/s1/i6D2,8D2,10D2,11D2,17D,18D,20D,21D;6D2,7D2,10D2,11D2,17D,18D,20D,21D;8D2,10D2,11D2,17D,18D,20D,21D. The van der Waals surface area contributed by atoms with Gasteiger partial charge in [-0.05, 0) is 111 Å². The number of aliphatic hydroxyl groups excluding tert-OH is 1. The van der Waals surface area contributed by atoms with Gasteiger partial charge < -0.3 is 76.1 Å². The molecule has 0 bridgehead atoms. The van der Waals surface area contributed by atoms with Crippen LogP contribution in [0, 0.1) is 38.2 Å². The maximum absolute atomic E-state index is 14.4. The molecule has 0 saturated heterocycles. The Hall–Kier alpha value is -7.14. The summed E-state index contributed by atoms with van der Waals surface area (Å²) in [5, 5.41) is 125. The highest BCUT2D eigenvalue weighted by atomic mass is 32.2. The SMILES string of the molecule is [2H]C([2H])(CC)Sc1nc(N[C@H]2[C@H](c3ccc(C)c(F)c3)C2([2H])[2H])c2nnn([C@]3([2H])C([2H])([2H])[C@]([2H])(OCCO)[C@@]([2H])(O)[C@@]3([2H])O)c2n1.[2H]C([2H])(O)CO[C@@]1([2H])C([2H])([2H])[C@@]([2H])(n2nnc3c(N[C@H]4[C@H](c5ccc(C)c(F)c5)C4([2H])[2H])nc(SC([2H])([2H])CC)nc32)[C@]([2H])(O)[C@]1([2H])O.[2H]C1([2H])[C@@H](Nc2nc(SCCC)nc3c2nnn3[C@]2([2H])C([2H])([2H])[C@]([2H])(OC([2H])([2H])C([2H])([2H])O)[C@@]([2H])(O)[C@@]2([2H])O)[C@@H]1c1ccc(C)c(F)c1. The second kappa shape index (κ2) is 35.1.